The van der Waals surface area contributed by atoms with Crippen LogP contribution >= 0.6 is 23.1 Å². The van der Waals surface area contributed by atoms with Crippen LogP contribution in [0, 0.1) is 0 Å². The van der Waals surface area contributed by atoms with Gasteiger partial charge in [0.1, 0.15) is 5.75 Å². The SMILES string of the molecule is CCCCOc1ccc(-c2cc(C(=O)Nc3nnc(SCc4ccccc4)s3)no2)cc1. The number of aromatic nitrogens is 3. The van der Waals surface area contributed by atoms with Gasteiger partial charge in [-0.05, 0) is 36.2 Å². The first-order chi connectivity index (χ1) is 15.7. The van der Waals surface area contributed by atoms with Crippen LogP contribution in [0.3, 0.4) is 0 Å². The third kappa shape index (κ3) is 5.95. The first-order valence-corrected chi connectivity index (χ1v) is 12.0. The highest BCUT2D eigenvalue weighted by Gasteiger charge is 2.16. The molecule has 2 aromatic carbocycles. The van der Waals surface area contributed by atoms with E-state index in [2.05, 4.69) is 39.7 Å². The Morgan fingerprint density at radius 2 is 1.94 bits per heavy atom. The molecule has 4 rings (SSSR count). The maximum absolute atomic E-state index is 12.5. The van der Waals surface area contributed by atoms with Crippen LogP contribution in [0.5, 0.6) is 5.75 Å². The summed E-state index contributed by atoms with van der Waals surface area (Å²) in [4.78, 5) is 12.5. The number of benzene rings is 2. The quantitative estimate of drug-likeness (QED) is 0.176. The highest BCUT2D eigenvalue weighted by Crippen LogP contribution is 2.29. The first kappa shape index (κ1) is 22.0. The van der Waals surface area contributed by atoms with Crippen LogP contribution in [0.25, 0.3) is 11.3 Å². The minimum Gasteiger partial charge on any atom is -0.494 e. The first-order valence-electron chi connectivity index (χ1n) is 10.2. The molecule has 0 fully saturated rings. The predicted octanol–water partition coefficient (Wildman–Crippen LogP) is 5.92. The van der Waals surface area contributed by atoms with Crippen molar-refractivity contribution in [1.29, 1.82) is 0 Å². The summed E-state index contributed by atoms with van der Waals surface area (Å²) in [7, 11) is 0. The number of nitrogens with zero attached hydrogens (tertiary/aromatic N) is 3. The van der Waals surface area contributed by atoms with Crippen molar-refractivity contribution < 1.29 is 14.1 Å². The molecule has 0 aliphatic rings. The number of rotatable bonds is 10. The Balaban J connectivity index is 1.32. The van der Waals surface area contributed by atoms with E-state index in [9.17, 15) is 4.79 Å². The number of ether oxygens (including phenoxy) is 1. The van der Waals surface area contributed by atoms with Crippen LogP contribution in [0.15, 0.2) is 69.5 Å². The normalized spacial score (nSPS) is 10.8. The van der Waals surface area contributed by atoms with Crippen molar-refractivity contribution in [3.05, 3.63) is 71.9 Å². The molecule has 0 saturated heterocycles. The van der Waals surface area contributed by atoms with E-state index in [4.69, 9.17) is 9.26 Å². The molecule has 0 bridgehead atoms. The van der Waals surface area contributed by atoms with Crippen LogP contribution in [0.4, 0.5) is 5.13 Å². The molecule has 9 heteroatoms. The van der Waals surface area contributed by atoms with Crippen LogP contribution < -0.4 is 10.1 Å². The predicted molar refractivity (Wildman–Crippen MR) is 126 cm³/mol. The maximum atomic E-state index is 12.5. The lowest BCUT2D eigenvalue weighted by atomic mass is 10.1. The smallest absolute Gasteiger partial charge is 0.279 e. The highest BCUT2D eigenvalue weighted by atomic mass is 32.2. The van der Waals surface area contributed by atoms with Gasteiger partial charge < -0.3 is 9.26 Å². The topological polar surface area (TPSA) is 90.1 Å². The molecule has 4 aromatic rings. The second kappa shape index (κ2) is 10.9. The Kier molecular flexibility index (Phi) is 7.52. The van der Waals surface area contributed by atoms with Crippen molar-refractivity contribution in [2.75, 3.05) is 11.9 Å². The fourth-order valence-corrected chi connectivity index (χ4v) is 4.47. The molecule has 0 radical (unpaired) electrons. The number of thioether (sulfide) groups is 1. The fourth-order valence-electron chi connectivity index (χ4n) is 2.77. The zero-order valence-electron chi connectivity index (χ0n) is 17.5. The van der Waals surface area contributed by atoms with Crippen molar-refractivity contribution in [2.45, 2.75) is 29.9 Å². The lowest BCUT2D eigenvalue weighted by Crippen LogP contribution is -2.11. The van der Waals surface area contributed by atoms with Gasteiger partial charge in [0.05, 0.1) is 6.61 Å². The molecule has 0 saturated carbocycles. The molecule has 1 amide bonds. The molecule has 1 N–H and O–H groups in total. The van der Waals surface area contributed by atoms with E-state index < -0.39 is 5.91 Å². The zero-order chi connectivity index (χ0) is 22.2. The van der Waals surface area contributed by atoms with Crippen LogP contribution in [0.1, 0.15) is 35.8 Å². The lowest BCUT2D eigenvalue weighted by molar-refractivity contribution is 0.101. The average Bonchev–Trinajstić information content (AvgIpc) is 3.49. The van der Waals surface area contributed by atoms with Gasteiger partial charge in [-0.2, -0.15) is 0 Å². The summed E-state index contributed by atoms with van der Waals surface area (Å²) in [6, 6.07) is 19.2. The van der Waals surface area contributed by atoms with Gasteiger partial charge in [0.2, 0.25) is 5.13 Å². The highest BCUT2D eigenvalue weighted by molar-refractivity contribution is 8.00. The van der Waals surface area contributed by atoms with Crippen molar-refractivity contribution in [1.82, 2.24) is 15.4 Å². The summed E-state index contributed by atoms with van der Waals surface area (Å²) in [6.07, 6.45) is 2.11. The second-order valence-corrected chi connectivity index (χ2v) is 9.10. The minimum absolute atomic E-state index is 0.178. The van der Waals surface area contributed by atoms with Crippen molar-refractivity contribution in [3.63, 3.8) is 0 Å². The number of hydrogen-bond acceptors (Lipinski definition) is 8. The van der Waals surface area contributed by atoms with Crippen molar-refractivity contribution in [3.8, 4) is 17.1 Å². The third-order valence-corrected chi connectivity index (χ3v) is 6.52. The van der Waals surface area contributed by atoms with E-state index in [1.807, 2.05) is 42.5 Å². The van der Waals surface area contributed by atoms with E-state index in [0.29, 0.717) is 17.5 Å². The van der Waals surface area contributed by atoms with Crippen LogP contribution in [0.2, 0.25) is 0 Å². The van der Waals surface area contributed by atoms with Gasteiger partial charge in [-0.3, -0.25) is 10.1 Å². The van der Waals surface area contributed by atoms with E-state index in [1.165, 1.54) is 16.9 Å². The number of unbranched alkanes of at least 4 members (excludes halogenated alkanes) is 1. The lowest BCUT2D eigenvalue weighted by Gasteiger charge is -2.05. The molecule has 0 spiro atoms. The Hall–Kier alpha value is -3.17. The average molecular weight is 467 g/mol. The van der Waals surface area contributed by atoms with Crippen LogP contribution in [-0.2, 0) is 5.75 Å². The molecule has 0 atom stereocenters. The maximum Gasteiger partial charge on any atom is 0.279 e. The standard InChI is InChI=1S/C23H22N4O3S2/c1-2-3-13-29-18-11-9-17(10-12-18)20-14-19(27-30-20)21(28)24-22-25-26-23(32-22)31-15-16-7-5-4-6-8-16/h4-12,14H,2-3,13,15H2,1H3,(H,24,25,28). The van der Waals surface area contributed by atoms with Gasteiger partial charge in [-0.25, -0.2) is 0 Å². The molecule has 2 heterocycles. The number of carbonyl (C=O) groups is 1. The summed E-state index contributed by atoms with van der Waals surface area (Å²) in [5, 5.41) is 15.2. The molecule has 0 unspecified atom stereocenters. The summed E-state index contributed by atoms with van der Waals surface area (Å²) < 4.78 is 11.8. The van der Waals surface area contributed by atoms with E-state index >= 15 is 0 Å². The van der Waals surface area contributed by atoms with E-state index in [1.54, 1.807) is 17.8 Å². The molecule has 0 aliphatic heterocycles. The Labute approximate surface area is 194 Å². The molecule has 164 valence electrons. The number of hydrogen-bond donors (Lipinski definition) is 1. The Bertz CT molecular complexity index is 1140. The van der Waals surface area contributed by atoms with E-state index in [0.717, 1.165) is 34.2 Å². The van der Waals surface area contributed by atoms with Crippen LogP contribution in [-0.4, -0.2) is 27.9 Å². The van der Waals surface area contributed by atoms with E-state index in [-0.39, 0.29) is 5.69 Å². The van der Waals surface area contributed by atoms with Gasteiger partial charge in [-0.1, -0.05) is 71.9 Å². The van der Waals surface area contributed by atoms with Crippen molar-refractivity contribution >= 4 is 34.1 Å². The van der Waals surface area contributed by atoms with Gasteiger partial charge in [0, 0.05) is 17.4 Å². The second-order valence-electron chi connectivity index (χ2n) is 6.90. The summed E-state index contributed by atoms with van der Waals surface area (Å²) in [6.45, 7) is 2.82. The molecule has 2 aromatic heterocycles. The molecule has 7 nitrogen and oxygen atoms in total. The summed E-state index contributed by atoms with van der Waals surface area (Å²) in [5.74, 6) is 1.71. The Morgan fingerprint density at radius 1 is 1.12 bits per heavy atom. The van der Waals surface area contributed by atoms with Gasteiger partial charge in [-0.15, -0.1) is 10.2 Å². The number of anilines is 1. The fraction of sp³-hybridized carbons (Fsp3) is 0.217. The number of carbonyl (C=O) groups excluding carboxylic acids is 1. The zero-order valence-corrected chi connectivity index (χ0v) is 19.1. The number of amides is 1. The summed E-state index contributed by atoms with van der Waals surface area (Å²) >= 11 is 2.90. The molecule has 0 aliphatic carbocycles. The van der Waals surface area contributed by atoms with Gasteiger partial charge in [0.25, 0.3) is 5.91 Å². The molecule has 32 heavy (non-hydrogen) atoms. The van der Waals surface area contributed by atoms with Gasteiger partial charge in [0.15, 0.2) is 15.8 Å². The van der Waals surface area contributed by atoms with Gasteiger partial charge >= 0.3 is 0 Å². The minimum atomic E-state index is -0.393. The largest absolute Gasteiger partial charge is 0.494 e. The van der Waals surface area contributed by atoms with Crippen molar-refractivity contribution in [2.24, 2.45) is 0 Å². The monoisotopic (exact) mass is 466 g/mol. The summed E-state index contributed by atoms with van der Waals surface area (Å²) in [5.41, 5.74) is 2.20. The molecular formula is C23H22N4O3S2. The third-order valence-electron chi connectivity index (χ3n) is 4.48. The Morgan fingerprint density at radius 3 is 2.72 bits per heavy atom. The number of nitrogens with one attached hydrogen (secondary N) is 1. The molecular weight excluding hydrogens is 444 g/mol.